The minimum absolute atomic E-state index is 0.0865. The molecular formula is C17H25NO. The number of rotatable bonds is 2. The van der Waals surface area contributed by atoms with Crippen LogP contribution in [0, 0.1) is 5.92 Å². The minimum atomic E-state index is -0.0865. The third kappa shape index (κ3) is 2.94. The fraction of sp³-hybridized carbons (Fsp3) is 0.647. The Labute approximate surface area is 116 Å². The van der Waals surface area contributed by atoms with Gasteiger partial charge in [0.1, 0.15) is 0 Å². The minimum Gasteiger partial charge on any atom is -0.393 e. The van der Waals surface area contributed by atoms with Crippen molar-refractivity contribution >= 4 is 5.69 Å². The van der Waals surface area contributed by atoms with Crippen molar-refractivity contribution in [2.24, 2.45) is 5.92 Å². The number of aliphatic hydroxyl groups excluding tert-OH is 1. The Morgan fingerprint density at radius 2 is 1.89 bits per heavy atom. The van der Waals surface area contributed by atoms with Gasteiger partial charge in [0.25, 0.3) is 0 Å². The second-order valence-electron chi connectivity index (χ2n) is 6.14. The van der Waals surface area contributed by atoms with Gasteiger partial charge in [0.05, 0.1) is 6.10 Å². The van der Waals surface area contributed by atoms with Gasteiger partial charge in [0.15, 0.2) is 0 Å². The van der Waals surface area contributed by atoms with Gasteiger partial charge in [0, 0.05) is 24.7 Å². The quantitative estimate of drug-likeness (QED) is 0.823. The van der Waals surface area contributed by atoms with Gasteiger partial charge < -0.3 is 10.0 Å². The number of nitrogens with zero attached hydrogens (tertiary/aromatic N) is 1. The molecule has 3 rings (SSSR count). The second kappa shape index (κ2) is 5.96. The fourth-order valence-electron chi connectivity index (χ4n) is 3.66. The van der Waals surface area contributed by atoms with Gasteiger partial charge in [0.2, 0.25) is 0 Å². The topological polar surface area (TPSA) is 23.5 Å². The Morgan fingerprint density at radius 3 is 2.84 bits per heavy atom. The molecule has 0 aromatic heterocycles. The summed E-state index contributed by atoms with van der Waals surface area (Å²) in [4.78, 5) is 2.51. The Morgan fingerprint density at radius 1 is 1.05 bits per heavy atom. The molecule has 0 amide bonds. The van der Waals surface area contributed by atoms with Crippen LogP contribution in [0.5, 0.6) is 0 Å². The Bertz CT molecular complexity index is 417. The van der Waals surface area contributed by atoms with E-state index >= 15 is 0 Å². The molecule has 1 aliphatic carbocycles. The summed E-state index contributed by atoms with van der Waals surface area (Å²) in [7, 11) is 0. The molecule has 1 aromatic rings. The lowest BCUT2D eigenvalue weighted by atomic mass is 9.94. The molecule has 19 heavy (non-hydrogen) atoms. The number of anilines is 1. The molecule has 0 saturated heterocycles. The number of hydrogen-bond acceptors (Lipinski definition) is 2. The standard InChI is InChI=1S/C17H25NO/c19-17-11-3-1-2-8-15(17)13-18-12-6-9-14-7-4-5-10-16(14)18/h4-5,7,10,15,17,19H,1-3,6,8-9,11-13H2. The highest BCUT2D eigenvalue weighted by Crippen LogP contribution is 2.30. The summed E-state index contributed by atoms with van der Waals surface area (Å²) in [6, 6.07) is 8.78. The Kier molecular flexibility index (Phi) is 4.07. The van der Waals surface area contributed by atoms with E-state index in [2.05, 4.69) is 29.2 Å². The monoisotopic (exact) mass is 259 g/mol. The number of para-hydroxylation sites is 1. The van der Waals surface area contributed by atoms with Gasteiger partial charge in [-0.3, -0.25) is 0 Å². The van der Waals surface area contributed by atoms with E-state index in [0.29, 0.717) is 5.92 Å². The Balaban J connectivity index is 1.73. The number of fused-ring (bicyclic) bond motifs is 1. The molecule has 1 N–H and O–H groups in total. The lowest BCUT2D eigenvalue weighted by Gasteiger charge is -2.35. The van der Waals surface area contributed by atoms with Crippen LogP contribution < -0.4 is 4.90 Å². The van der Waals surface area contributed by atoms with Crippen LogP contribution in [-0.2, 0) is 6.42 Å². The van der Waals surface area contributed by atoms with Crippen LogP contribution in [0.25, 0.3) is 0 Å². The lowest BCUT2D eigenvalue weighted by Crippen LogP contribution is -2.37. The summed E-state index contributed by atoms with van der Waals surface area (Å²) in [6.45, 7) is 2.19. The fourth-order valence-corrected chi connectivity index (χ4v) is 3.66. The summed E-state index contributed by atoms with van der Waals surface area (Å²) in [5.41, 5.74) is 2.89. The summed E-state index contributed by atoms with van der Waals surface area (Å²) < 4.78 is 0. The third-order valence-electron chi connectivity index (χ3n) is 4.78. The third-order valence-corrected chi connectivity index (χ3v) is 4.78. The smallest absolute Gasteiger partial charge is 0.0585 e. The molecule has 2 heteroatoms. The molecular weight excluding hydrogens is 234 g/mol. The maximum absolute atomic E-state index is 10.3. The summed E-state index contributed by atoms with van der Waals surface area (Å²) in [5, 5.41) is 10.3. The zero-order valence-corrected chi connectivity index (χ0v) is 11.7. The van der Waals surface area contributed by atoms with Crippen molar-refractivity contribution < 1.29 is 5.11 Å². The van der Waals surface area contributed by atoms with Crippen molar-refractivity contribution in [3.8, 4) is 0 Å². The van der Waals surface area contributed by atoms with Gasteiger partial charge >= 0.3 is 0 Å². The van der Waals surface area contributed by atoms with Crippen molar-refractivity contribution in [1.82, 2.24) is 0 Å². The maximum atomic E-state index is 10.3. The van der Waals surface area contributed by atoms with Crippen molar-refractivity contribution in [1.29, 1.82) is 0 Å². The predicted octanol–water partition coefficient (Wildman–Crippen LogP) is 3.38. The molecule has 1 heterocycles. The average Bonchev–Trinajstić information content (AvgIpc) is 2.65. The Hall–Kier alpha value is -1.02. The molecule has 2 unspecified atom stereocenters. The number of aryl methyl sites for hydroxylation is 1. The average molecular weight is 259 g/mol. The molecule has 0 bridgehead atoms. The van der Waals surface area contributed by atoms with Crippen LogP contribution in [0.2, 0.25) is 0 Å². The van der Waals surface area contributed by atoms with Crippen molar-refractivity contribution in [2.45, 2.75) is 51.0 Å². The molecule has 2 nitrogen and oxygen atoms in total. The molecule has 0 radical (unpaired) electrons. The van der Waals surface area contributed by atoms with E-state index < -0.39 is 0 Å². The normalized spacial score (nSPS) is 27.7. The molecule has 0 spiro atoms. The summed E-state index contributed by atoms with van der Waals surface area (Å²) >= 11 is 0. The number of benzene rings is 1. The first kappa shape index (κ1) is 13.0. The molecule has 2 aliphatic rings. The van der Waals surface area contributed by atoms with Crippen molar-refractivity contribution in [2.75, 3.05) is 18.0 Å². The molecule has 104 valence electrons. The highest BCUT2D eigenvalue weighted by atomic mass is 16.3. The van der Waals surface area contributed by atoms with Gasteiger partial charge in [-0.2, -0.15) is 0 Å². The van der Waals surface area contributed by atoms with E-state index in [0.717, 1.165) is 19.5 Å². The van der Waals surface area contributed by atoms with Crippen LogP contribution in [-0.4, -0.2) is 24.3 Å². The largest absolute Gasteiger partial charge is 0.393 e. The van der Waals surface area contributed by atoms with Crippen LogP contribution >= 0.6 is 0 Å². The molecule has 1 aliphatic heterocycles. The van der Waals surface area contributed by atoms with Crippen molar-refractivity contribution in [3.63, 3.8) is 0 Å². The zero-order valence-electron chi connectivity index (χ0n) is 11.7. The second-order valence-corrected chi connectivity index (χ2v) is 6.14. The van der Waals surface area contributed by atoms with Gasteiger partial charge in [-0.25, -0.2) is 0 Å². The lowest BCUT2D eigenvalue weighted by molar-refractivity contribution is 0.103. The van der Waals surface area contributed by atoms with Gasteiger partial charge in [-0.1, -0.05) is 37.5 Å². The first-order chi connectivity index (χ1) is 9.34. The maximum Gasteiger partial charge on any atom is 0.0585 e. The first-order valence-electron chi connectivity index (χ1n) is 7.85. The van der Waals surface area contributed by atoms with E-state index in [-0.39, 0.29) is 6.10 Å². The van der Waals surface area contributed by atoms with E-state index in [1.165, 1.54) is 49.8 Å². The SMILES string of the molecule is OC1CCCCCC1CN1CCCc2ccccc21. The van der Waals surface area contributed by atoms with Gasteiger partial charge in [-0.05, 0) is 37.3 Å². The highest BCUT2D eigenvalue weighted by molar-refractivity contribution is 5.55. The van der Waals surface area contributed by atoms with E-state index in [1.54, 1.807) is 0 Å². The van der Waals surface area contributed by atoms with Crippen molar-refractivity contribution in [3.05, 3.63) is 29.8 Å². The van der Waals surface area contributed by atoms with Gasteiger partial charge in [-0.15, -0.1) is 0 Å². The van der Waals surface area contributed by atoms with E-state index in [4.69, 9.17) is 0 Å². The van der Waals surface area contributed by atoms with Crippen LogP contribution in [0.1, 0.15) is 44.1 Å². The summed E-state index contributed by atoms with van der Waals surface area (Å²) in [6.07, 6.45) is 8.35. The molecule has 1 aromatic carbocycles. The molecule has 1 saturated carbocycles. The van der Waals surface area contributed by atoms with Crippen LogP contribution in [0.3, 0.4) is 0 Å². The number of hydrogen-bond donors (Lipinski definition) is 1. The predicted molar refractivity (Wildman–Crippen MR) is 79.6 cm³/mol. The zero-order chi connectivity index (χ0) is 13.1. The molecule has 1 fully saturated rings. The van der Waals surface area contributed by atoms with Crippen LogP contribution in [0.15, 0.2) is 24.3 Å². The van der Waals surface area contributed by atoms with Crippen LogP contribution in [0.4, 0.5) is 5.69 Å². The van der Waals surface area contributed by atoms with E-state index in [9.17, 15) is 5.11 Å². The molecule has 2 atom stereocenters. The summed E-state index contributed by atoms with van der Waals surface area (Å²) in [5.74, 6) is 0.466. The first-order valence-corrected chi connectivity index (χ1v) is 7.85. The van der Waals surface area contributed by atoms with E-state index in [1.807, 2.05) is 0 Å². The highest BCUT2D eigenvalue weighted by Gasteiger charge is 2.25. The number of aliphatic hydroxyl groups is 1.